The summed E-state index contributed by atoms with van der Waals surface area (Å²) < 4.78 is 34.9. The summed E-state index contributed by atoms with van der Waals surface area (Å²) in [4.78, 5) is 10.8. The molecule has 4 rings (SSSR count). The first kappa shape index (κ1) is 21.2. The highest BCUT2D eigenvalue weighted by atomic mass is 32.2. The first-order chi connectivity index (χ1) is 14.4. The fourth-order valence-electron chi connectivity index (χ4n) is 4.31. The molecule has 2 atom stereocenters. The van der Waals surface area contributed by atoms with Gasteiger partial charge in [-0.15, -0.1) is 0 Å². The standard InChI is InChI=1S/C20H30N6O3S/c1-3-15-13-16-5-6-18(24-30(2,27)28)19(26(16)23-15)14-29-17-7-11-25(12-8-17)20-21-9-4-10-22-20/h4,9-10,13,17-19,24H,3,5-8,11-12,14H2,1-2H3/t18-,19-/m0/s1. The van der Waals surface area contributed by atoms with Crippen LogP contribution in [0.5, 0.6) is 0 Å². The maximum Gasteiger partial charge on any atom is 0.225 e. The molecule has 2 aliphatic heterocycles. The lowest BCUT2D eigenvalue weighted by molar-refractivity contribution is 0.00599. The second kappa shape index (κ2) is 8.99. The topological polar surface area (TPSA) is 102 Å². The van der Waals surface area contributed by atoms with Gasteiger partial charge in [-0.05, 0) is 44.2 Å². The Kier molecular flexibility index (Phi) is 6.35. The Morgan fingerprint density at radius 3 is 2.60 bits per heavy atom. The first-order valence-corrected chi connectivity index (χ1v) is 12.5. The van der Waals surface area contributed by atoms with E-state index in [0.717, 1.165) is 62.5 Å². The van der Waals surface area contributed by atoms with Crippen molar-refractivity contribution in [2.24, 2.45) is 0 Å². The summed E-state index contributed by atoms with van der Waals surface area (Å²) in [5.41, 5.74) is 2.19. The normalized spacial score (nSPS) is 22.8. The van der Waals surface area contributed by atoms with E-state index in [1.807, 2.05) is 10.7 Å². The predicted molar refractivity (Wildman–Crippen MR) is 114 cm³/mol. The van der Waals surface area contributed by atoms with Crippen molar-refractivity contribution in [2.75, 3.05) is 30.9 Å². The van der Waals surface area contributed by atoms with Crippen molar-refractivity contribution in [2.45, 2.75) is 57.2 Å². The molecular formula is C20H30N6O3S. The molecule has 2 aliphatic rings. The van der Waals surface area contributed by atoms with E-state index >= 15 is 0 Å². The van der Waals surface area contributed by atoms with Gasteiger partial charge in [-0.25, -0.2) is 23.1 Å². The molecule has 0 aromatic carbocycles. The molecule has 9 nitrogen and oxygen atoms in total. The molecular weight excluding hydrogens is 404 g/mol. The van der Waals surface area contributed by atoms with Gasteiger partial charge < -0.3 is 9.64 Å². The van der Waals surface area contributed by atoms with Gasteiger partial charge in [0.05, 0.1) is 30.7 Å². The molecule has 0 spiro atoms. The molecule has 0 aliphatic carbocycles. The van der Waals surface area contributed by atoms with Crippen LogP contribution >= 0.6 is 0 Å². The zero-order valence-electron chi connectivity index (χ0n) is 17.6. The van der Waals surface area contributed by atoms with Gasteiger partial charge in [-0.2, -0.15) is 5.10 Å². The minimum absolute atomic E-state index is 0.135. The summed E-state index contributed by atoms with van der Waals surface area (Å²) in [6, 6.07) is 3.59. The number of nitrogens with zero attached hydrogens (tertiary/aromatic N) is 5. The molecule has 4 heterocycles. The van der Waals surface area contributed by atoms with Gasteiger partial charge in [0.25, 0.3) is 0 Å². The van der Waals surface area contributed by atoms with E-state index in [-0.39, 0.29) is 18.2 Å². The lowest BCUT2D eigenvalue weighted by atomic mass is 9.98. The number of aryl methyl sites for hydroxylation is 2. The molecule has 2 aromatic rings. The van der Waals surface area contributed by atoms with Crippen LogP contribution in [0.2, 0.25) is 0 Å². The fourth-order valence-corrected chi connectivity index (χ4v) is 5.14. The number of piperidine rings is 1. The van der Waals surface area contributed by atoms with Gasteiger partial charge in [0, 0.05) is 37.2 Å². The lowest BCUT2D eigenvalue weighted by Crippen LogP contribution is -2.47. The quantitative estimate of drug-likeness (QED) is 0.701. The summed E-state index contributed by atoms with van der Waals surface area (Å²) in [5.74, 6) is 0.758. The number of fused-ring (bicyclic) bond motifs is 1. The van der Waals surface area contributed by atoms with Crippen LogP contribution in [0.25, 0.3) is 0 Å². The largest absolute Gasteiger partial charge is 0.376 e. The molecule has 1 N–H and O–H groups in total. The maximum atomic E-state index is 11.9. The van der Waals surface area contributed by atoms with Crippen molar-refractivity contribution >= 4 is 16.0 Å². The number of aromatic nitrogens is 4. The van der Waals surface area contributed by atoms with Crippen molar-refractivity contribution in [1.82, 2.24) is 24.5 Å². The average Bonchev–Trinajstić information content (AvgIpc) is 3.16. The van der Waals surface area contributed by atoms with E-state index in [1.165, 1.54) is 6.26 Å². The van der Waals surface area contributed by atoms with E-state index in [0.29, 0.717) is 6.61 Å². The number of rotatable bonds is 7. The van der Waals surface area contributed by atoms with Gasteiger partial charge in [-0.1, -0.05) is 6.92 Å². The number of anilines is 1. The smallest absolute Gasteiger partial charge is 0.225 e. The molecule has 1 saturated heterocycles. The molecule has 30 heavy (non-hydrogen) atoms. The Morgan fingerprint density at radius 2 is 1.93 bits per heavy atom. The molecule has 164 valence electrons. The van der Waals surface area contributed by atoms with Crippen LogP contribution in [0.15, 0.2) is 24.5 Å². The highest BCUT2D eigenvalue weighted by Gasteiger charge is 2.34. The van der Waals surface area contributed by atoms with Crippen LogP contribution in [0.4, 0.5) is 5.95 Å². The van der Waals surface area contributed by atoms with E-state index < -0.39 is 10.0 Å². The van der Waals surface area contributed by atoms with Crippen molar-refractivity contribution in [3.8, 4) is 0 Å². The van der Waals surface area contributed by atoms with Crippen LogP contribution < -0.4 is 9.62 Å². The van der Waals surface area contributed by atoms with E-state index in [2.05, 4.69) is 32.6 Å². The number of nitrogens with one attached hydrogen (secondary N) is 1. The third kappa shape index (κ3) is 4.98. The zero-order valence-corrected chi connectivity index (χ0v) is 18.4. The highest BCUT2D eigenvalue weighted by molar-refractivity contribution is 7.88. The minimum atomic E-state index is -3.31. The summed E-state index contributed by atoms with van der Waals surface area (Å²) in [5, 5.41) is 4.72. The molecule has 2 aromatic heterocycles. The minimum Gasteiger partial charge on any atom is -0.376 e. The summed E-state index contributed by atoms with van der Waals surface area (Å²) in [6.07, 6.45) is 9.06. The number of ether oxygens (including phenoxy) is 1. The van der Waals surface area contributed by atoms with Crippen LogP contribution in [0.3, 0.4) is 0 Å². The number of hydrogen-bond acceptors (Lipinski definition) is 7. The summed E-state index contributed by atoms with van der Waals surface area (Å²) >= 11 is 0. The van der Waals surface area contributed by atoms with E-state index in [9.17, 15) is 8.42 Å². The Balaban J connectivity index is 1.40. The molecule has 0 amide bonds. The molecule has 10 heteroatoms. The monoisotopic (exact) mass is 434 g/mol. The SMILES string of the molecule is CCc1cc2n(n1)[C@@H](COC1CCN(c3ncccn3)CC1)[C@@H](NS(C)(=O)=O)CC2. The van der Waals surface area contributed by atoms with Crippen molar-refractivity contribution in [3.63, 3.8) is 0 Å². The van der Waals surface area contributed by atoms with Crippen LogP contribution in [-0.2, 0) is 27.6 Å². The van der Waals surface area contributed by atoms with E-state index in [1.54, 1.807) is 12.4 Å². The summed E-state index contributed by atoms with van der Waals surface area (Å²) in [6.45, 7) is 4.21. The maximum absolute atomic E-state index is 11.9. The summed E-state index contributed by atoms with van der Waals surface area (Å²) in [7, 11) is -3.31. The third-order valence-corrected chi connectivity index (χ3v) is 6.59. The second-order valence-corrected chi connectivity index (χ2v) is 9.88. The zero-order chi connectivity index (χ0) is 21.1. The van der Waals surface area contributed by atoms with E-state index in [4.69, 9.17) is 9.84 Å². The van der Waals surface area contributed by atoms with Gasteiger partial charge in [0.2, 0.25) is 16.0 Å². The van der Waals surface area contributed by atoms with Gasteiger partial charge in [0.15, 0.2) is 0 Å². The number of sulfonamides is 1. The van der Waals surface area contributed by atoms with Crippen LogP contribution in [-0.4, -0.2) is 66.3 Å². The lowest BCUT2D eigenvalue weighted by Gasteiger charge is -2.36. The number of hydrogen-bond donors (Lipinski definition) is 1. The third-order valence-electron chi connectivity index (χ3n) is 5.86. The van der Waals surface area contributed by atoms with Gasteiger partial charge in [-0.3, -0.25) is 4.68 Å². The van der Waals surface area contributed by atoms with Crippen molar-refractivity contribution < 1.29 is 13.2 Å². The Morgan fingerprint density at radius 1 is 1.20 bits per heavy atom. The fraction of sp³-hybridized carbons (Fsp3) is 0.650. The first-order valence-electron chi connectivity index (χ1n) is 10.6. The van der Waals surface area contributed by atoms with Gasteiger partial charge in [0.1, 0.15) is 0 Å². The Labute approximate surface area is 177 Å². The molecule has 1 fully saturated rings. The second-order valence-electron chi connectivity index (χ2n) is 8.10. The van der Waals surface area contributed by atoms with Crippen molar-refractivity contribution in [3.05, 3.63) is 35.9 Å². The molecule has 0 bridgehead atoms. The molecule has 0 unspecified atom stereocenters. The Bertz CT molecular complexity index is 941. The molecule has 0 radical (unpaired) electrons. The van der Waals surface area contributed by atoms with Gasteiger partial charge >= 0.3 is 0 Å². The average molecular weight is 435 g/mol. The van der Waals surface area contributed by atoms with Crippen molar-refractivity contribution in [1.29, 1.82) is 0 Å². The molecule has 0 saturated carbocycles. The predicted octanol–water partition coefficient (Wildman–Crippen LogP) is 1.33. The van der Waals surface area contributed by atoms with Crippen LogP contribution in [0, 0.1) is 0 Å². The highest BCUT2D eigenvalue weighted by Crippen LogP contribution is 2.28. The Hall–Kier alpha value is -2.04. The van der Waals surface area contributed by atoms with Crippen LogP contribution in [0.1, 0.15) is 43.6 Å².